The van der Waals surface area contributed by atoms with Gasteiger partial charge in [-0.15, -0.1) is 0 Å². The minimum absolute atomic E-state index is 0.0146. The molecule has 0 aliphatic carbocycles. The molecule has 0 amide bonds. The topological polar surface area (TPSA) is 35.5 Å². The second-order valence-corrected chi connectivity index (χ2v) is 2.34. The fourth-order valence-electron chi connectivity index (χ4n) is 1.02. The molecule has 0 spiro atoms. The first-order valence-electron chi connectivity index (χ1n) is 3.37. The number of ether oxygens (including phenoxy) is 2. The summed E-state index contributed by atoms with van der Waals surface area (Å²) in [5.74, 6) is 0.957. The summed E-state index contributed by atoms with van der Waals surface area (Å²) in [4.78, 5) is 10.3. The molecule has 0 unspecified atom stereocenters. The van der Waals surface area contributed by atoms with Gasteiger partial charge >= 0.3 is 6.04 Å². The molecular formula is C8H5FO3. The predicted octanol–water partition coefficient (Wildman–Crippen LogP) is 1.52. The zero-order chi connectivity index (χ0) is 8.55. The molecule has 0 aromatic heterocycles. The van der Waals surface area contributed by atoms with Gasteiger partial charge in [0.05, 0.1) is 5.56 Å². The van der Waals surface area contributed by atoms with Crippen LogP contribution in [0, 0.1) is 0 Å². The second kappa shape index (κ2) is 2.48. The number of carbonyl (C=O) groups excluding carboxylic acids is 1. The van der Waals surface area contributed by atoms with Crippen LogP contribution in [0.1, 0.15) is 10.4 Å². The minimum Gasteiger partial charge on any atom is -0.454 e. The molecular weight excluding hydrogens is 163 g/mol. The van der Waals surface area contributed by atoms with Crippen LogP contribution >= 0.6 is 0 Å². The van der Waals surface area contributed by atoms with E-state index in [0.717, 1.165) is 0 Å². The zero-order valence-corrected chi connectivity index (χ0v) is 6.04. The molecule has 62 valence electrons. The van der Waals surface area contributed by atoms with Gasteiger partial charge in [0.2, 0.25) is 6.79 Å². The van der Waals surface area contributed by atoms with E-state index in [1.165, 1.54) is 18.2 Å². The van der Waals surface area contributed by atoms with Crippen LogP contribution < -0.4 is 9.47 Å². The summed E-state index contributed by atoms with van der Waals surface area (Å²) in [5.41, 5.74) is -0.0146. The summed E-state index contributed by atoms with van der Waals surface area (Å²) in [5, 5.41) is 0. The van der Waals surface area contributed by atoms with E-state index in [-0.39, 0.29) is 12.4 Å². The molecule has 4 heteroatoms. The van der Waals surface area contributed by atoms with E-state index in [1.54, 1.807) is 0 Å². The maximum atomic E-state index is 12.2. The number of benzene rings is 1. The molecule has 12 heavy (non-hydrogen) atoms. The monoisotopic (exact) mass is 168 g/mol. The van der Waals surface area contributed by atoms with Crippen molar-refractivity contribution in [2.75, 3.05) is 6.79 Å². The van der Waals surface area contributed by atoms with E-state index in [0.29, 0.717) is 11.5 Å². The summed E-state index contributed by atoms with van der Waals surface area (Å²) in [6, 6.07) is 2.73. The third-order valence-electron chi connectivity index (χ3n) is 1.60. The van der Waals surface area contributed by atoms with Crippen LogP contribution in [0.4, 0.5) is 4.39 Å². The number of fused-ring (bicyclic) bond motifs is 1. The van der Waals surface area contributed by atoms with Crippen LogP contribution in [0.5, 0.6) is 11.5 Å². The molecule has 0 fully saturated rings. The smallest absolute Gasteiger partial charge is 0.332 e. The molecule has 0 atom stereocenters. The fourth-order valence-corrected chi connectivity index (χ4v) is 1.02. The van der Waals surface area contributed by atoms with Crippen molar-refractivity contribution in [1.82, 2.24) is 0 Å². The molecule has 0 radical (unpaired) electrons. The Hall–Kier alpha value is -1.58. The lowest BCUT2D eigenvalue weighted by molar-refractivity contribution is 0.0835. The highest BCUT2D eigenvalue weighted by atomic mass is 19.1. The van der Waals surface area contributed by atoms with Crippen molar-refractivity contribution in [3.05, 3.63) is 23.8 Å². The molecule has 1 aliphatic heterocycles. The largest absolute Gasteiger partial charge is 0.454 e. The third kappa shape index (κ3) is 1.01. The Morgan fingerprint density at radius 1 is 1.33 bits per heavy atom. The van der Waals surface area contributed by atoms with Crippen molar-refractivity contribution in [3.63, 3.8) is 0 Å². The number of hydrogen-bond donors (Lipinski definition) is 0. The quantitative estimate of drug-likeness (QED) is 0.596. The molecule has 2 rings (SSSR count). The number of carbonyl (C=O) groups is 1. The summed E-state index contributed by atoms with van der Waals surface area (Å²) >= 11 is 0. The summed E-state index contributed by atoms with van der Waals surface area (Å²) in [6.07, 6.45) is 0. The molecule has 0 saturated heterocycles. The van der Waals surface area contributed by atoms with Crippen LogP contribution in [0.2, 0.25) is 0 Å². The van der Waals surface area contributed by atoms with Gasteiger partial charge in [-0.2, -0.15) is 4.39 Å². The first kappa shape index (κ1) is 7.09. The molecule has 0 bridgehead atoms. The Balaban J connectivity index is 2.45. The standard InChI is InChI=1S/C8H5FO3/c9-8(10)5-1-2-6-7(3-5)12-4-11-6/h1-3H,4H2. The predicted molar refractivity (Wildman–Crippen MR) is 38.0 cm³/mol. The SMILES string of the molecule is O=C(F)c1ccc2c(c1)OCO2. The van der Waals surface area contributed by atoms with E-state index in [4.69, 9.17) is 9.47 Å². The van der Waals surface area contributed by atoms with Crippen LogP contribution in [0.15, 0.2) is 18.2 Å². The number of rotatable bonds is 1. The van der Waals surface area contributed by atoms with Crippen molar-refractivity contribution >= 4 is 6.04 Å². The Kier molecular flexibility index (Phi) is 1.46. The fraction of sp³-hybridized carbons (Fsp3) is 0.125. The first-order chi connectivity index (χ1) is 5.77. The van der Waals surface area contributed by atoms with E-state index >= 15 is 0 Å². The van der Waals surface area contributed by atoms with Crippen LogP contribution in [-0.2, 0) is 0 Å². The molecule has 1 heterocycles. The van der Waals surface area contributed by atoms with Gasteiger partial charge in [-0.3, -0.25) is 4.79 Å². The highest BCUT2D eigenvalue weighted by Gasteiger charge is 2.15. The highest BCUT2D eigenvalue weighted by Crippen LogP contribution is 2.32. The Bertz CT molecular complexity index is 335. The van der Waals surface area contributed by atoms with Gasteiger partial charge in [0, 0.05) is 0 Å². The minimum atomic E-state index is -1.46. The van der Waals surface area contributed by atoms with Crippen molar-refractivity contribution in [3.8, 4) is 11.5 Å². The molecule has 1 aromatic rings. The van der Waals surface area contributed by atoms with Crippen LogP contribution in [0.3, 0.4) is 0 Å². The maximum absolute atomic E-state index is 12.2. The third-order valence-corrected chi connectivity index (χ3v) is 1.60. The van der Waals surface area contributed by atoms with Gasteiger partial charge in [0.1, 0.15) is 0 Å². The Morgan fingerprint density at radius 3 is 2.83 bits per heavy atom. The first-order valence-corrected chi connectivity index (χ1v) is 3.37. The van der Waals surface area contributed by atoms with Crippen molar-refractivity contribution in [1.29, 1.82) is 0 Å². The molecule has 0 saturated carbocycles. The molecule has 1 aliphatic rings. The van der Waals surface area contributed by atoms with E-state index in [9.17, 15) is 9.18 Å². The number of hydrogen-bond acceptors (Lipinski definition) is 3. The molecule has 1 aromatic carbocycles. The average Bonchev–Trinajstić information content (AvgIpc) is 2.49. The maximum Gasteiger partial charge on any atom is 0.332 e. The van der Waals surface area contributed by atoms with Crippen molar-refractivity contribution in [2.24, 2.45) is 0 Å². The molecule has 3 nitrogen and oxygen atoms in total. The lowest BCUT2D eigenvalue weighted by Gasteiger charge is -1.95. The van der Waals surface area contributed by atoms with Gasteiger partial charge in [0.25, 0.3) is 0 Å². The van der Waals surface area contributed by atoms with Gasteiger partial charge in [-0.1, -0.05) is 0 Å². The second-order valence-electron chi connectivity index (χ2n) is 2.34. The van der Waals surface area contributed by atoms with Gasteiger partial charge in [-0.05, 0) is 18.2 Å². The van der Waals surface area contributed by atoms with Gasteiger partial charge < -0.3 is 9.47 Å². The van der Waals surface area contributed by atoms with E-state index < -0.39 is 6.04 Å². The highest BCUT2D eigenvalue weighted by molar-refractivity contribution is 5.89. The lowest BCUT2D eigenvalue weighted by Crippen LogP contribution is -1.93. The van der Waals surface area contributed by atoms with Crippen molar-refractivity contribution in [2.45, 2.75) is 0 Å². The van der Waals surface area contributed by atoms with E-state index in [1.807, 2.05) is 0 Å². The van der Waals surface area contributed by atoms with Gasteiger partial charge in [-0.25, -0.2) is 0 Å². The van der Waals surface area contributed by atoms with E-state index in [2.05, 4.69) is 0 Å². The summed E-state index contributed by atoms with van der Waals surface area (Å²) in [6.45, 7) is 0.124. The summed E-state index contributed by atoms with van der Waals surface area (Å²) in [7, 11) is 0. The van der Waals surface area contributed by atoms with Crippen LogP contribution in [-0.4, -0.2) is 12.8 Å². The average molecular weight is 168 g/mol. The van der Waals surface area contributed by atoms with Crippen molar-refractivity contribution < 1.29 is 18.7 Å². The van der Waals surface area contributed by atoms with Crippen LogP contribution in [0.25, 0.3) is 0 Å². The number of halogens is 1. The zero-order valence-electron chi connectivity index (χ0n) is 6.04. The van der Waals surface area contributed by atoms with Gasteiger partial charge in [0.15, 0.2) is 11.5 Å². The normalized spacial score (nSPS) is 13.1. The Morgan fingerprint density at radius 2 is 2.08 bits per heavy atom. The molecule has 0 N–H and O–H groups in total. The Labute approximate surface area is 67.7 Å². The lowest BCUT2D eigenvalue weighted by atomic mass is 10.2. The summed E-state index contributed by atoms with van der Waals surface area (Å²) < 4.78 is 22.1.